The third kappa shape index (κ3) is 5.11. The molecule has 0 bridgehead atoms. The lowest BCUT2D eigenvalue weighted by Gasteiger charge is -2.13. The monoisotopic (exact) mass is 442 g/mol. The Bertz CT molecular complexity index is 1030. The molecule has 1 aliphatic rings. The molecule has 0 unspecified atom stereocenters. The van der Waals surface area contributed by atoms with Gasteiger partial charge in [-0.1, -0.05) is 55.5 Å². The number of esters is 1. The SMILES string of the molecule is CCCCN1C(=O)/C(=C\c2ccc(OC(=O)c3cccc([N+](=O)[O-])c3)cc2)SC1=S. The zero-order valence-electron chi connectivity index (χ0n) is 16.1. The number of nitro groups is 1. The van der Waals surface area contributed by atoms with Crippen molar-refractivity contribution in [1.29, 1.82) is 0 Å². The van der Waals surface area contributed by atoms with E-state index in [-0.39, 0.29) is 17.2 Å². The number of hydrogen-bond donors (Lipinski definition) is 0. The maximum Gasteiger partial charge on any atom is 0.343 e. The lowest BCUT2D eigenvalue weighted by Crippen LogP contribution is -2.28. The van der Waals surface area contributed by atoms with E-state index in [9.17, 15) is 19.7 Å². The van der Waals surface area contributed by atoms with Crippen molar-refractivity contribution in [3.63, 3.8) is 0 Å². The van der Waals surface area contributed by atoms with E-state index < -0.39 is 10.9 Å². The Labute approximate surface area is 182 Å². The number of unbranched alkanes of at least 4 members (excludes halogenated alkanes) is 1. The predicted molar refractivity (Wildman–Crippen MR) is 119 cm³/mol. The summed E-state index contributed by atoms with van der Waals surface area (Å²) in [7, 11) is 0. The van der Waals surface area contributed by atoms with Crippen molar-refractivity contribution in [2.24, 2.45) is 0 Å². The molecular weight excluding hydrogens is 424 g/mol. The van der Waals surface area contributed by atoms with Crippen LogP contribution >= 0.6 is 24.0 Å². The summed E-state index contributed by atoms with van der Waals surface area (Å²) in [5, 5.41) is 10.8. The van der Waals surface area contributed by atoms with E-state index in [1.807, 2.05) is 0 Å². The molecule has 0 saturated carbocycles. The van der Waals surface area contributed by atoms with Crippen LogP contribution in [-0.2, 0) is 4.79 Å². The van der Waals surface area contributed by atoms with Gasteiger partial charge in [-0.3, -0.25) is 19.8 Å². The van der Waals surface area contributed by atoms with Crippen LogP contribution in [0.25, 0.3) is 6.08 Å². The van der Waals surface area contributed by atoms with Crippen molar-refractivity contribution in [2.75, 3.05) is 6.54 Å². The van der Waals surface area contributed by atoms with E-state index >= 15 is 0 Å². The summed E-state index contributed by atoms with van der Waals surface area (Å²) in [5.74, 6) is -0.498. The smallest absolute Gasteiger partial charge is 0.343 e. The van der Waals surface area contributed by atoms with Crippen LogP contribution in [0.3, 0.4) is 0 Å². The highest BCUT2D eigenvalue weighted by molar-refractivity contribution is 8.26. The number of hydrogen-bond acceptors (Lipinski definition) is 7. The van der Waals surface area contributed by atoms with Crippen molar-refractivity contribution in [2.45, 2.75) is 19.8 Å². The molecule has 1 amide bonds. The molecule has 0 N–H and O–H groups in total. The third-order valence-electron chi connectivity index (χ3n) is 4.29. The minimum atomic E-state index is -0.691. The van der Waals surface area contributed by atoms with Gasteiger partial charge in [0.05, 0.1) is 15.4 Å². The molecule has 9 heteroatoms. The molecule has 0 spiro atoms. The zero-order valence-corrected chi connectivity index (χ0v) is 17.7. The summed E-state index contributed by atoms with van der Waals surface area (Å²) >= 11 is 6.56. The first-order valence-corrected chi connectivity index (χ1v) is 10.4. The number of carbonyl (C=O) groups is 2. The number of non-ortho nitro benzene ring substituents is 1. The van der Waals surface area contributed by atoms with Gasteiger partial charge in [-0.2, -0.15) is 0 Å². The zero-order chi connectivity index (χ0) is 21.7. The van der Waals surface area contributed by atoms with E-state index in [0.29, 0.717) is 21.5 Å². The highest BCUT2D eigenvalue weighted by Crippen LogP contribution is 2.33. The van der Waals surface area contributed by atoms with Crippen LogP contribution in [0.5, 0.6) is 5.75 Å². The van der Waals surface area contributed by atoms with Crippen molar-refractivity contribution >= 4 is 51.9 Å². The van der Waals surface area contributed by atoms with E-state index in [2.05, 4.69) is 6.92 Å². The Morgan fingerprint density at radius 3 is 2.67 bits per heavy atom. The molecular formula is C21H18N2O5S2. The standard InChI is InChI=1S/C21H18N2O5S2/c1-2-3-11-22-19(24)18(30-21(22)29)12-14-7-9-17(10-8-14)28-20(25)15-5-4-6-16(13-15)23(26)27/h4-10,12-13H,2-3,11H2,1H3/b18-12+. The summed E-state index contributed by atoms with van der Waals surface area (Å²) in [4.78, 5) is 37.2. The van der Waals surface area contributed by atoms with Crippen LogP contribution < -0.4 is 4.74 Å². The van der Waals surface area contributed by atoms with Gasteiger partial charge < -0.3 is 4.74 Å². The largest absolute Gasteiger partial charge is 0.423 e. The summed E-state index contributed by atoms with van der Waals surface area (Å²) in [6, 6.07) is 12.0. The number of thioether (sulfide) groups is 1. The molecule has 154 valence electrons. The number of thiocarbonyl (C=S) groups is 1. The van der Waals surface area contributed by atoms with Gasteiger partial charge in [-0.25, -0.2) is 4.79 Å². The van der Waals surface area contributed by atoms with E-state index in [4.69, 9.17) is 17.0 Å². The Balaban J connectivity index is 1.68. The molecule has 1 fully saturated rings. The molecule has 30 heavy (non-hydrogen) atoms. The highest BCUT2D eigenvalue weighted by Gasteiger charge is 2.31. The Morgan fingerprint density at radius 2 is 2.00 bits per heavy atom. The van der Waals surface area contributed by atoms with Crippen LogP contribution in [-0.4, -0.2) is 32.6 Å². The first kappa shape index (κ1) is 21.7. The average Bonchev–Trinajstić information content (AvgIpc) is 3.00. The van der Waals surface area contributed by atoms with Crippen LogP contribution in [0, 0.1) is 10.1 Å². The van der Waals surface area contributed by atoms with Gasteiger partial charge >= 0.3 is 5.97 Å². The van der Waals surface area contributed by atoms with Crippen LogP contribution in [0.2, 0.25) is 0 Å². The topological polar surface area (TPSA) is 89.8 Å². The van der Waals surface area contributed by atoms with Gasteiger partial charge in [-0.15, -0.1) is 0 Å². The van der Waals surface area contributed by atoms with Gasteiger partial charge in [0.15, 0.2) is 0 Å². The van der Waals surface area contributed by atoms with Crippen LogP contribution in [0.15, 0.2) is 53.4 Å². The third-order valence-corrected chi connectivity index (χ3v) is 5.67. The van der Waals surface area contributed by atoms with Gasteiger partial charge in [0.25, 0.3) is 11.6 Å². The fourth-order valence-corrected chi connectivity index (χ4v) is 4.01. The first-order valence-electron chi connectivity index (χ1n) is 9.21. The minimum Gasteiger partial charge on any atom is -0.423 e. The maximum atomic E-state index is 12.5. The molecule has 0 aromatic heterocycles. The predicted octanol–water partition coefficient (Wildman–Crippen LogP) is 4.82. The first-order chi connectivity index (χ1) is 14.4. The van der Waals surface area contributed by atoms with Gasteiger partial charge in [0.2, 0.25) is 0 Å². The number of carbonyl (C=O) groups excluding carboxylic acids is 2. The normalized spacial score (nSPS) is 15.0. The second kappa shape index (κ2) is 9.64. The number of rotatable bonds is 7. The Hall–Kier alpha value is -3.04. The highest BCUT2D eigenvalue weighted by atomic mass is 32.2. The summed E-state index contributed by atoms with van der Waals surface area (Å²) in [5.41, 5.74) is 0.668. The Morgan fingerprint density at radius 1 is 1.27 bits per heavy atom. The fraction of sp³-hybridized carbons (Fsp3) is 0.190. The molecule has 0 aliphatic carbocycles. The van der Waals surface area contributed by atoms with Gasteiger partial charge in [-0.05, 0) is 36.3 Å². The molecule has 1 saturated heterocycles. The van der Waals surface area contributed by atoms with Crippen molar-refractivity contribution in [1.82, 2.24) is 4.90 Å². The van der Waals surface area contributed by atoms with Gasteiger partial charge in [0.1, 0.15) is 10.1 Å². The Kier molecular flexibility index (Phi) is 6.96. The van der Waals surface area contributed by atoms with Crippen molar-refractivity contribution in [3.8, 4) is 5.75 Å². The molecule has 3 rings (SSSR count). The van der Waals surface area contributed by atoms with E-state index in [1.54, 1.807) is 35.2 Å². The number of nitrogens with zero attached hydrogens (tertiary/aromatic N) is 2. The van der Waals surface area contributed by atoms with Crippen molar-refractivity contribution in [3.05, 3.63) is 74.7 Å². The number of amides is 1. The number of benzene rings is 2. The summed E-state index contributed by atoms with van der Waals surface area (Å²) in [6.07, 6.45) is 3.62. The van der Waals surface area contributed by atoms with E-state index in [1.165, 1.54) is 30.0 Å². The molecule has 1 heterocycles. The molecule has 0 radical (unpaired) electrons. The minimum absolute atomic E-state index is 0.0871. The molecule has 1 aliphatic heterocycles. The van der Waals surface area contributed by atoms with Crippen LogP contribution in [0.1, 0.15) is 35.7 Å². The average molecular weight is 443 g/mol. The lowest BCUT2D eigenvalue weighted by molar-refractivity contribution is -0.384. The maximum absolute atomic E-state index is 12.5. The quantitative estimate of drug-likeness (QED) is 0.152. The van der Waals surface area contributed by atoms with Crippen molar-refractivity contribution < 1.29 is 19.2 Å². The molecule has 2 aromatic carbocycles. The molecule has 7 nitrogen and oxygen atoms in total. The fourth-order valence-electron chi connectivity index (χ4n) is 2.70. The second-order valence-electron chi connectivity index (χ2n) is 6.45. The van der Waals surface area contributed by atoms with Crippen LogP contribution in [0.4, 0.5) is 5.69 Å². The number of ether oxygens (including phenoxy) is 1. The number of nitro benzene ring substituents is 1. The van der Waals surface area contributed by atoms with E-state index in [0.717, 1.165) is 24.5 Å². The molecule has 2 aromatic rings. The van der Waals surface area contributed by atoms with Gasteiger partial charge in [0, 0.05) is 18.7 Å². The summed E-state index contributed by atoms with van der Waals surface area (Å²) in [6.45, 7) is 2.67. The molecule has 0 atom stereocenters. The summed E-state index contributed by atoms with van der Waals surface area (Å²) < 4.78 is 5.83. The second-order valence-corrected chi connectivity index (χ2v) is 8.13. The lowest BCUT2D eigenvalue weighted by atomic mass is 10.2.